The van der Waals surface area contributed by atoms with Gasteiger partial charge in [-0.15, -0.1) is 0 Å². The molecule has 2 nitrogen and oxygen atoms in total. The molecule has 2 aromatic heterocycles. The third kappa shape index (κ3) is 4.06. The van der Waals surface area contributed by atoms with Gasteiger partial charge in [0.15, 0.2) is 0 Å². The first-order valence-corrected chi connectivity index (χ1v) is 16.3. The van der Waals surface area contributed by atoms with Gasteiger partial charge < -0.3 is 8.83 Å². The minimum Gasteiger partial charge on any atom is -0.456 e. The Kier molecular flexibility index (Phi) is 5.91. The lowest BCUT2D eigenvalue weighted by Gasteiger charge is -2.17. The van der Waals surface area contributed by atoms with Gasteiger partial charge in [-0.3, -0.25) is 0 Å². The second-order valence-electron chi connectivity index (χ2n) is 12.4. The van der Waals surface area contributed by atoms with Crippen molar-refractivity contribution in [3.63, 3.8) is 0 Å². The summed E-state index contributed by atoms with van der Waals surface area (Å²) in [4.78, 5) is 0. The predicted octanol–water partition coefficient (Wildman–Crippen LogP) is 13.3. The molecule has 2 heterocycles. The number of fused-ring (bicyclic) bond motifs is 6. The monoisotopic (exact) mass is 612 g/mol. The molecule has 0 fully saturated rings. The van der Waals surface area contributed by atoms with E-state index >= 15 is 0 Å². The van der Waals surface area contributed by atoms with Gasteiger partial charge in [0.25, 0.3) is 0 Å². The number of hydrogen-bond donors (Lipinski definition) is 0. The number of rotatable bonds is 4. The van der Waals surface area contributed by atoms with Gasteiger partial charge in [0.1, 0.15) is 22.5 Å². The predicted molar refractivity (Wildman–Crippen MR) is 200 cm³/mol. The summed E-state index contributed by atoms with van der Waals surface area (Å²) in [7, 11) is 0. The SMILES string of the molecule is c1ccc(-c2ccc(-c3c4ccccc4c(-c4oc5cc6c(cc5c4-c4ccccc4)oc4ccccc46)c4ccccc34)cc2)cc1. The Labute approximate surface area is 277 Å². The minimum atomic E-state index is 0.844. The Morgan fingerprint density at radius 1 is 0.250 bits per heavy atom. The Bertz CT molecular complexity index is 2750. The summed E-state index contributed by atoms with van der Waals surface area (Å²) in [6.07, 6.45) is 0. The molecule has 0 atom stereocenters. The van der Waals surface area contributed by atoms with E-state index in [1.54, 1.807) is 0 Å². The molecule has 0 amide bonds. The molecule has 0 spiro atoms. The molecule has 0 aliphatic carbocycles. The van der Waals surface area contributed by atoms with Gasteiger partial charge in [0.05, 0.1) is 0 Å². The molecule has 48 heavy (non-hydrogen) atoms. The van der Waals surface area contributed by atoms with Crippen LogP contribution in [-0.4, -0.2) is 0 Å². The number of para-hydroxylation sites is 1. The Morgan fingerprint density at radius 3 is 1.33 bits per heavy atom. The molecule has 0 bridgehead atoms. The third-order valence-electron chi connectivity index (χ3n) is 9.69. The van der Waals surface area contributed by atoms with Gasteiger partial charge >= 0.3 is 0 Å². The highest BCUT2D eigenvalue weighted by Gasteiger charge is 2.25. The van der Waals surface area contributed by atoms with Crippen LogP contribution in [0.25, 0.3) is 99.2 Å². The molecular formula is C46H28O2. The van der Waals surface area contributed by atoms with Crippen LogP contribution in [0.15, 0.2) is 179 Å². The molecule has 8 aromatic carbocycles. The summed E-state index contributed by atoms with van der Waals surface area (Å²) < 4.78 is 13.4. The zero-order chi connectivity index (χ0) is 31.6. The van der Waals surface area contributed by atoms with E-state index in [1.165, 1.54) is 33.0 Å². The molecule has 0 aliphatic rings. The van der Waals surface area contributed by atoms with Crippen LogP contribution in [0.3, 0.4) is 0 Å². The Balaban J connectivity index is 1.28. The topological polar surface area (TPSA) is 26.3 Å². The molecular weight excluding hydrogens is 585 g/mol. The van der Waals surface area contributed by atoms with Crippen molar-refractivity contribution in [3.05, 3.63) is 170 Å². The summed E-state index contributed by atoms with van der Waals surface area (Å²) >= 11 is 0. The number of hydrogen-bond acceptors (Lipinski definition) is 2. The zero-order valence-corrected chi connectivity index (χ0v) is 26.0. The average molecular weight is 613 g/mol. The van der Waals surface area contributed by atoms with Crippen molar-refractivity contribution >= 4 is 54.5 Å². The summed E-state index contributed by atoms with van der Waals surface area (Å²) in [5.74, 6) is 0.867. The molecule has 0 N–H and O–H groups in total. The first kappa shape index (κ1) is 26.8. The van der Waals surface area contributed by atoms with Crippen LogP contribution in [-0.2, 0) is 0 Å². The van der Waals surface area contributed by atoms with Crippen molar-refractivity contribution in [1.29, 1.82) is 0 Å². The maximum atomic E-state index is 7.05. The van der Waals surface area contributed by atoms with Crippen LogP contribution < -0.4 is 0 Å². The van der Waals surface area contributed by atoms with Crippen molar-refractivity contribution in [3.8, 4) is 44.7 Å². The standard InChI is InChI=1S/C46H28O2/c1-3-13-29(14-4-1)30-23-25-32(26-24-30)43-34-18-7-9-20-36(34)45(37-21-10-8-19-35(37)43)46-44(31-15-5-2-6-16-31)39-28-41-38(27-42(39)48-46)33-17-11-12-22-40(33)47-41/h1-28H. The van der Waals surface area contributed by atoms with Crippen LogP contribution >= 0.6 is 0 Å². The van der Waals surface area contributed by atoms with E-state index in [0.29, 0.717) is 0 Å². The van der Waals surface area contributed by atoms with Gasteiger partial charge in [-0.2, -0.15) is 0 Å². The molecule has 0 radical (unpaired) electrons. The van der Waals surface area contributed by atoms with Gasteiger partial charge in [-0.25, -0.2) is 0 Å². The largest absolute Gasteiger partial charge is 0.456 e. The van der Waals surface area contributed by atoms with Crippen LogP contribution in [0.2, 0.25) is 0 Å². The molecule has 0 saturated carbocycles. The minimum absolute atomic E-state index is 0.844. The van der Waals surface area contributed by atoms with Crippen LogP contribution in [0.4, 0.5) is 0 Å². The average Bonchev–Trinajstić information content (AvgIpc) is 3.71. The number of benzene rings is 8. The Morgan fingerprint density at radius 2 is 0.688 bits per heavy atom. The van der Waals surface area contributed by atoms with Crippen LogP contribution in [0, 0.1) is 0 Å². The van der Waals surface area contributed by atoms with E-state index in [9.17, 15) is 0 Å². The normalized spacial score (nSPS) is 11.8. The van der Waals surface area contributed by atoms with Crippen LogP contribution in [0.1, 0.15) is 0 Å². The van der Waals surface area contributed by atoms with Crippen molar-refractivity contribution < 1.29 is 8.83 Å². The van der Waals surface area contributed by atoms with Crippen molar-refractivity contribution in [2.75, 3.05) is 0 Å². The van der Waals surface area contributed by atoms with Crippen molar-refractivity contribution in [2.45, 2.75) is 0 Å². The van der Waals surface area contributed by atoms with E-state index < -0.39 is 0 Å². The molecule has 0 unspecified atom stereocenters. The maximum absolute atomic E-state index is 7.05. The van der Waals surface area contributed by atoms with Crippen LogP contribution in [0.5, 0.6) is 0 Å². The lowest BCUT2D eigenvalue weighted by Crippen LogP contribution is -1.91. The zero-order valence-electron chi connectivity index (χ0n) is 26.0. The maximum Gasteiger partial charge on any atom is 0.144 e. The molecule has 10 rings (SSSR count). The molecule has 2 heteroatoms. The smallest absolute Gasteiger partial charge is 0.144 e. The van der Waals surface area contributed by atoms with Gasteiger partial charge in [0, 0.05) is 27.3 Å². The second kappa shape index (κ2) is 10.6. The molecule has 224 valence electrons. The highest BCUT2D eigenvalue weighted by Crippen LogP contribution is 2.50. The quantitative estimate of drug-likeness (QED) is 0.185. The van der Waals surface area contributed by atoms with E-state index in [0.717, 1.165) is 66.1 Å². The summed E-state index contributed by atoms with van der Waals surface area (Å²) in [5.41, 5.74) is 10.7. The fourth-order valence-corrected chi connectivity index (χ4v) is 7.53. The van der Waals surface area contributed by atoms with E-state index in [2.05, 4.69) is 158 Å². The second-order valence-corrected chi connectivity index (χ2v) is 12.4. The Hall–Kier alpha value is -6.38. The molecule has 0 saturated heterocycles. The number of furan rings is 2. The summed E-state index contributed by atoms with van der Waals surface area (Å²) in [6, 6.07) is 60.1. The lowest BCUT2D eigenvalue weighted by molar-refractivity contribution is 0.633. The lowest BCUT2D eigenvalue weighted by atomic mass is 9.86. The summed E-state index contributed by atoms with van der Waals surface area (Å²) in [6.45, 7) is 0. The summed E-state index contributed by atoms with van der Waals surface area (Å²) in [5, 5.41) is 7.88. The highest BCUT2D eigenvalue weighted by atomic mass is 16.3. The van der Waals surface area contributed by atoms with Gasteiger partial charge in [-0.05, 0) is 67.6 Å². The van der Waals surface area contributed by atoms with Crippen molar-refractivity contribution in [1.82, 2.24) is 0 Å². The molecule has 0 aliphatic heterocycles. The fourth-order valence-electron chi connectivity index (χ4n) is 7.53. The molecule has 10 aromatic rings. The van der Waals surface area contributed by atoms with E-state index in [-0.39, 0.29) is 0 Å². The van der Waals surface area contributed by atoms with Gasteiger partial charge in [0.2, 0.25) is 0 Å². The highest BCUT2D eigenvalue weighted by molar-refractivity contribution is 6.23. The van der Waals surface area contributed by atoms with Crippen molar-refractivity contribution in [2.24, 2.45) is 0 Å². The van der Waals surface area contributed by atoms with E-state index in [4.69, 9.17) is 8.83 Å². The first-order chi connectivity index (χ1) is 23.8. The third-order valence-corrected chi connectivity index (χ3v) is 9.69. The fraction of sp³-hybridized carbons (Fsp3) is 0. The van der Waals surface area contributed by atoms with Gasteiger partial charge in [-0.1, -0.05) is 152 Å². The van der Waals surface area contributed by atoms with E-state index in [1.807, 2.05) is 12.1 Å². The first-order valence-electron chi connectivity index (χ1n) is 16.3.